The Bertz CT molecular complexity index is 3230. The van der Waals surface area contributed by atoms with Crippen LogP contribution in [-0.2, 0) is 5.41 Å². The highest BCUT2D eigenvalue weighted by Crippen LogP contribution is 2.65. The lowest BCUT2D eigenvalue weighted by Gasteiger charge is -2.31. The van der Waals surface area contributed by atoms with Crippen molar-refractivity contribution in [2.45, 2.75) is 12.3 Å². The van der Waals surface area contributed by atoms with E-state index < -0.39 is 5.41 Å². The molecule has 1 aromatic heterocycles. The van der Waals surface area contributed by atoms with Crippen molar-refractivity contribution < 1.29 is 0 Å². The average Bonchev–Trinajstić information content (AvgIpc) is 3.86. The second-order valence-corrected chi connectivity index (χ2v) is 16.2. The van der Waals surface area contributed by atoms with Crippen LogP contribution in [0.4, 0.5) is 0 Å². The molecule has 0 unspecified atom stereocenters. The van der Waals surface area contributed by atoms with Crippen LogP contribution in [0.1, 0.15) is 33.4 Å². The van der Waals surface area contributed by atoms with E-state index in [1.807, 2.05) is 17.4 Å². The van der Waals surface area contributed by atoms with E-state index in [4.69, 9.17) is 0 Å². The van der Waals surface area contributed by atoms with Gasteiger partial charge in [-0.05, 0) is 108 Å². The van der Waals surface area contributed by atoms with Crippen molar-refractivity contribution in [3.8, 4) is 50.6 Å². The first-order valence-corrected chi connectivity index (χ1v) is 19.7. The van der Waals surface area contributed by atoms with Crippen molar-refractivity contribution in [3.05, 3.63) is 203 Å². The molecule has 254 valence electrons. The normalized spacial score (nSPS) is 13.3. The van der Waals surface area contributed by atoms with Crippen molar-refractivity contribution in [2.24, 2.45) is 0 Å². The zero-order valence-corrected chi connectivity index (χ0v) is 30.8. The zero-order chi connectivity index (χ0) is 36.4. The van der Waals surface area contributed by atoms with Crippen LogP contribution in [-0.4, -0.2) is 0 Å². The molecule has 0 aliphatic heterocycles. The number of fused-ring (bicyclic) bond motifs is 16. The van der Waals surface area contributed by atoms with Crippen molar-refractivity contribution in [3.63, 3.8) is 0 Å². The summed E-state index contributed by atoms with van der Waals surface area (Å²) in [4.78, 5) is 0. The Morgan fingerprint density at radius 3 is 1.64 bits per heavy atom. The van der Waals surface area contributed by atoms with Gasteiger partial charge in [0, 0.05) is 25.7 Å². The third-order valence-corrected chi connectivity index (χ3v) is 13.6. The van der Waals surface area contributed by atoms with Crippen LogP contribution >= 0.6 is 11.3 Å². The SMILES string of the molecule is Cc1ccc(-c2c3ccccc3c(-c3ccc4c(c3)C3(c5ccccc5-c5ccccc53)c3ccc5c(sc6cc(C#N)ccc65)c3-4)c3ccccc23)cc1. The highest BCUT2D eigenvalue weighted by Gasteiger charge is 2.52. The number of nitrogens with zero attached hydrogens (tertiary/aromatic N) is 1. The molecule has 9 aromatic carbocycles. The summed E-state index contributed by atoms with van der Waals surface area (Å²) in [7, 11) is 0. The maximum Gasteiger partial charge on any atom is 0.0992 e. The first kappa shape index (κ1) is 30.6. The Hall–Kier alpha value is -6.79. The topological polar surface area (TPSA) is 23.8 Å². The van der Waals surface area contributed by atoms with Crippen LogP contribution in [0.2, 0.25) is 0 Å². The van der Waals surface area contributed by atoms with Gasteiger partial charge in [-0.2, -0.15) is 5.26 Å². The van der Waals surface area contributed by atoms with E-state index in [1.54, 1.807) is 0 Å². The van der Waals surface area contributed by atoms with Crippen molar-refractivity contribution in [1.29, 1.82) is 5.26 Å². The molecule has 0 amide bonds. The number of thiophene rings is 1. The molecule has 2 aliphatic rings. The minimum absolute atomic E-state index is 0.483. The highest BCUT2D eigenvalue weighted by molar-refractivity contribution is 7.26. The van der Waals surface area contributed by atoms with Crippen LogP contribution in [0, 0.1) is 18.3 Å². The van der Waals surface area contributed by atoms with Crippen LogP contribution < -0.4 is 0 Å². The summed E-state index contributed by atoms with van der Waals surface area (Å²) in [6.45, 7) is 2.15. The van der Waals surface area contributed by atoms with Gasteiger partial charge < -0.3 is 0 Å². The van der Waals surface area contributed by atoms with Gasteiger partial charge in [-0.3, -0.25) is 0 Å². The summed E-state index contributed by atoms with van der Waals surface area (Å²) in [5.41, 5.74) is 17.0. The van der Waals surface area contributed by atoms with Gasteiger partial charge in [0.25, 0.3) is 0 Å². The van der Waals surface area contributed by atoms with Crippen LogP contribution in [0.15, 0.2) is 170 Å². The van der Waals surface area contributed by atoms with E-state index in [0.29, 0.717) is 5.56 Å². The Morgan fingerprint density at radius 2 is 1.00 bits per heavy atom. The van der Waals surface area contributed by atoms with Gasteiger partial charge in [-0.15, -0.1) is 11.3 Å². The fourth-order valence-electron chi connectivity index (χ4n) is 10.1. The fraction of sp³-hybridized carbons (Fsp3) is 0.0377. The van der Waals surface area contributed by atoms with Gasteiger partial charge in [-0.1, -0.05) is 157 Å². The molecule has 0 radical (unpaired) electrons. The molecular formula is C53H31NS. The summed E-state index contributed by atoms with van der Waals surface area (Å²) in [6.07, 6.45) is 0. The molecule has 1 heterocycles. The monoisotopic (exact) mass is 713 g/mol. The number of hydrogen-bond donors (Lipinski definition) is 0. The molecule has 0 saturated carbocycles. The van der Waals surface area contributed by atoms with Gasteiger partial charge in [0.05, 0.1) is 17.0 Å². The summed E-state index contributed by atoms with van der Waals surface area (Å²) in [5.74, 6) is 0. The lowest BCUT2D eigenvalue weighted by Crippen LogP contribution is -2.25. The molecule has 0 atom stereocenters. The zero-order valence-electron chi connectivity index (χ0n) is 30.0. The van der Waals surface area contributed by atoms with Crippen molar-refractivity contribution in [1.82, 2.24) is 0 Å². The molecule has 10 aromatic rings. The Labute approximate surface area is 323 Å². The van der Waals surface area contributed by atoms with Crippen LogP contribution in [0.25, 0.3) is 86.2 Å². The predicted octanol–water partition coefficient (Wildman–Crippen LogP) is 14.2. The standard InChI is InChI=1S/C53H31NS/c1-31-18-21-33(22-19-31)49-38-12-2-4-14-40(38)50(41-15-5-3-13-39(41)49)34-23-25-43-47(29-34)53(44-16-8-6-10-35(44)36-11-7-9-17-45(36)53)46-27-26-42-37-24-20-32(30-54)28-48(37)55-52(42)51(43)46/h2-29H,1H3. The third-order valence-electron chi connectivity index (χ3n) is 12.4. The summed E-state index contributed by atoms with van der Waals surface area (Å²) >= 11 is 1.82. The van der Waals surface area contributed by atoms with E-state index >= 15 is 0 Å². The Balaban J connectivity index is 1.22. The lowest BCUT2D eigenvalue weighted by molar-refractivity contribution is 0.795. The van der Waals surface area contributed by atoms with Gasteiger partial charge in [-0.25, -0.2) is 0 Å². The van der Waals surface area contributed by atoms with E-state index in [-0.39, 0.29) is 0 Å². The first-order valence-electron chi connectivity index (χ1n) is 18.9. The molecule has 0 N–H and O–H groups in total. The molecule has 1 spiro atoms. The highest BCUT2D eigenvalue weighted by atomic mass is 32.1. The van der Waals surface area contributed by atoms with E-state index in [2.05, 4.69) is 177 Å². The number of benzene rings is 9. The molecule has 0 fully saturated rings. The molecule has 12 rings (SSSR count). The van der Waals surface area contributed by atoms with Crippen LogP contribution in [0.3, 0.4) is 0 Å². The van der Waals surface area contributed by atoms with Gasteiger partial charge >= 0.3 is 0 Å². The second kappa shape index (κ2) is 11.1. The summed E-state index contributed by atoms with van der Waals surface area (Å²) in [6, 6.07) is 65.5. The maximum atomic E-state index is 9.77. The van der Waals surface area contributed by atoms with E-state index in [9.17, 15) is 5.26 Å². The number of rotatable bonds is 2. The number of hydrogen-bond acceptors (Lipinski definition) is 2. The molecular weight excluding hydrogens is 683 g/mol. The minimum atomic E-state index is -0.483. The summed E-state index contributed by atoms with van der Waals surface area (Å²) in [5, 5.41) is 17.3. The first-order chi connectivity index (χ1) is 27.1. The smallest absolute Gasteiger partial charge is 0.0992 e. The van der Waals surface area contributed by atoms with Crippen molar-refractivity contribution >= 4 is 53.1 Å². The molecule has 2 aliphatic carbocycles. The lowest BCUT2D eigenvalue weighted by atomic mass is 9.70. The van der Waals surface area contributed by atoms with Gasteiger partial charge in [0.15, 0.2) is 0 Å². The van der Waals surface area contributed by atoms with Gasteiger partial charge in [0.1, 0.15) is 0 Å². The quantitative estimate of drug-likeness (QED) is 0.164. The van der Waals surface area contributed by atoms with Gasteiger partial charge in [0.2, 0.25) is 0 Å². The Kier molecular flexibility index (Phi) is 6.20. The largest absolute Gasteiger partial charge is 0.192 e. The molecule has 0 bridgehead atoms. The fourth-order valence-corrected chi connectivity index (χ4v) is 11.5. The number of nitriles is 1. The second-order valence-electron chi connectivity index (χ2n) is 15.1. The van der Waals surface area contributed by atoms with Crippen LogP contribution in [0.5, 0.6) is 0 Å². The molecule has 1 nitrogen and oxygen atoms in total. The van der Waals surface area contributed by atoms with E-state index in [1.165, 1.54) is 109 Å². The molecule has 2 heteroatoms. The van der Waals surface area contributed by atoms with Crippen molar-refractivity contribution in [2.75, 3.05) is 0 Å². The predicted molar refractivity (Wildman–Crippen MR) is 231 cm³/mol. The third kappa shape index (κ3) is 3.95. The summed E-state index contributed by atoms with van der Waals surface area (Å²) < 4.78 is 2.44. The maximum absolute atomic E-state index is 9.77. The minimum Gasteiger partial charge on any atom is -0.192 e. The molecule has 55 heavy (non-hydrogen) atoms. The Morgan fingerprint density at radius 1 is 0.436 bits per heavy atom. The molecule has 0 saturated heterocycles. The van der Waals surface area contributed by atoms with E-state index in [0.717, 1.165) is 4.70 Å². The average molecular weight is 714 g/mol. The number of aryl methyl sites for hydroxylation is 1.